The SMILES string of the molecule is CC(C)[C@H](CC(=O)O)NC(=O)C(CC(F)(F)F)NC(=O)OCC1c2ccccc2-c2ccccc21. The summed E-state index contributed by atoms with van der Waals surface area (Å²) in [6, 6.07) is 12.3. The molecule has 0 heterocycles. The fourth-order valence-electron chi connectivity index (χ4n) is 4.15. The lowest BCUT2D eigenvalue weighted by molar-refractivity contribution is -0.150. The van der Waals surface area contributed by atoms with Crippen LogP contribution in [0.1, 0.15) is 43.7 Å². The lowest BCUT2D eigenvalue weighted by atomic mass is 9.98. The second kappa shape index (κ2) is 10.8. The van der Waals surface area contributed by atoms with Gasteiger partial charge in [0.05, 0.1) is 12.8 Å². The van der Waals surface area contributed by atoms with Crippen LogP contribution in [-0.4, -0.2) is 47.9 Å². The van der Waals surface area contributed by atoms with Crippen LogP contribution in [0.25, 0.3) is 11.1 Å². The van der Waals surface area contributed by atoms with Gasteiger partial charge in [-0.1, -0.05) is 62.4 Å². The molecule has 35 heavy (non-hydrogen) atoms. The van der Waals surface area contributed by atoms with Crippen molar-refractivity contribution in [2.75, 3.05) is 6.61 Å². The highest BCUT2D eigenvalue weighted by molar-refractivity contribution is 5.86. The van der Waals surface area contributed by atoms with Gasteiger partial charge in [-0.3, -0.25) is 9.59 Å². The van der Waals surface area contributed by atoms with Crippen LogP contribution in [0.15, 0.2) is 48.5 Å². The van der Waals surface area contributed by atoms with Crippen LogP contribution >= 0.6 is 0 Å². The molecule has 1 aliphatic rings. The van der Waals surface area contributed by atoms with E-state index in [-0.39, 0.29) is 18.4 Å². The van der Waals surface area contributed by atoms with Crippen LogP contribution in [0, 0.1) is 5.92 Å². The van der Waals surface area contributed by atoms with E-state index in [1.807, 2.05) is 53.8 Å². The van der Waals surface area contributed by atoms with Crippen molar-refractivity contribution >= 4 is 18.0 Å². The minimum absolute atomic E-state index is 0.131. The number of carboxylic acids is 1. The Morgan fingerprint density at radius 3 is 2.00 bits per heavy atom. The van der Waals surface area contributed by atoms with Crippen LogP contribution in [0.2, 0.25) is 0 Å². The molecule has 0 saturated carbocycles. The van der Waals surface area contributed by atoms with Gasteiger partial charge in [-0.05, 0) is 28.2 Å². The second-order valence-electron chi connectivity index (χ2n) is 8.80. The molecule has 1 unspecified atom stereocenters. The smallest absolute Gasteiger partial charge is 0.407 e. The molecule has 7 nitrogen and oxygen atoms in total. The van der Waals surface area contributed by atoms with E-state index in [1.165, 1.54) is 0 Å². The lowest BCUT2D eigenvalue weighted by Crippen LogP contribution is -2.52. The summed E-state index contributed by atoms with van der Waals surface area (Å²) in [5.74, 6) is -2.99. The summed E-state index contributed by atoms with van der Waals surface area (Å²) >= 11 is 0. The van der Waals surface area contributed by atoms with E-state index in [9.17, 15) is 27.6 Å². The molecule has 0 aliphatic heterocycles. The zero-order valence-electron chi connectivity index (χ0n) is 19.3. The summed E-state index contributed by atoms with van der Waals surface area (Å²) in [7, 11) is 0. The molecule has 2 amide bonds. The van der Waals surface area contributed by atoms with Gasteiger partial charge in [0, 0.05) is 12.0 Å². The molecule has 2 atom stereocenters. The first kappa shape index (κ1) is 26.1. The van der Waals surface area contributed by atoms with Crippen LogP contribution in [-0.2, 0) is 14.3 Å². The molecule has 3 rings (SSSR count). The Kier molecular flexibility index (Phi) is 8.03. The Bertz CT molecular complexity index is 1040. The highest BCUT2D eigenvalue weighted by atomic mass is 19.4. The van der Waals surface area contributed by atoms with Crippen molar-refractivity contribution in [2.45, 2.75) is 50.9 Å². The maximum atomic E-state index is 13.1. The Morgan fingerprint density at radius 2 is 1.51 bits per heavy atom. The molecule has 2 aromatic carbocycles. The van der Waals surface area contributed by atoms with Crippen molar-refractivity contribution < 1.29 is 37.4 Å². The van der Waals surface area contributed by atoms with Crippen LogP contribution < -0.4 is 10.6 Å². The van der Waals surface area contributed by atoms with Gasteiger partial charge in [0.25, 0.3) is 0 Å². The number of halogens is 3. The van der Waals surface area contributed by atoms with Gasteiger partial charge >= 0.3 is 18.2 Å². The third-order valence-electron chi connectivity index (χ3n) is 5.91. The molecule has 0 aromatic heterocycles. The zero-order chi connectivity index (χ0) is 25.8. The number of carboxylic acid groups (broad SMARTS) is 1. The monoisotopic (exact) mass is 492 g/mol. The van der Waals surface area contributed by atoms with Crippen molar-refractivity contribution in [3.63, 3.8) is 0 Å². The number of amides is 2. The molecule has 3 N–H and O–H groups in total. The lowest BCUT2D eigenvalue weighted by Gasteiger charge is -2.25. The second-order valence-corrected chi connectivity index (χ2v) is 8.80. The molecule has 0 spiro atoms. The van der Waals surface area contributed by atoms with Crippen LogP contribution in [0.4, 0.5) is 18.0 Å². The van der Waals surface area contributed by atoms with Crippen molar-refractivity contribution in [3.05, 3.63) is 59.7 Å². The largest absolute Gasteiger partial charge is 0.481 e. The van der Waals surface area contributed by atoms with Gasteiger partial charge in [-0.25, -0.2) is 4.79 Å². The first-order chi connectivity index (χ1) is 16.5. The quantitative estimate of drug-likeness (QED) is 0.479. The number of nitrogens with one attached hydrogen (secondary N) is 2. The Labute approximate surface area is 200 Å². The number of carbonyl (C=O) groups is 3. The van der Waals surface area contributed by atoms with E-state index < -0.39 is 49.1 Å². The molecule has 0 saturated heterocycles. The van der Waals surface area contributed by atoms with E-state index in [2.05, 4.69) is 5.32 Å². The number of hydrogen-bond acceptors (Lipinski definition) is 4. The third kappa shape index (κ3) is 6.74. The molecule has 0 fully saturated rings. The van der Waals surface area contributed by atoms with Gasteiger partial charge < -0.3 is 20.5 Å². The highest BCUT2D eigenvalue weighted by Gasteiger charge is 2.38. The van der Waals surface area contributed by atoms with Crippen molar-refractivity contribution in [1.29, 1.82) is 0 Å². The molecular formula is C25H27F3N2O5. The average molecular weight is 492 g/mol. The van der Waals surface area contributed by atoms with Gasteiger partial charge in [0.2, 0.25) is 5.91 Å². The molecular weight excluding hydrogens is 465 g/mol. The van der Waals surface area contributed by atoms with Gasteiger partial charge in [-0.2, -0.15) is 13.2 Å². The first-order valence-corrected chi connectivity index (χ1v) is 11.2. The number of alkyl carbamates (subject to hydrolysis) is 1. The summed E-state index contributed by atoms with van der Waals surface area (Å²) in [6.07, 6.45) is -8.01. The Morgan fingerprint density at radius 1 is 0.971 bits per heavy atom. The molecule has 10 heteroatoms. The van der Waals surface area contributed by atoms with Crippen molar-refractivity contribution in [1.82, 2.24) is 10.6 Å². The van der Waals surface area contributed by atoms with Crippen molar-refractivity contribution in [2.24, 2.45) is 5.92 Å². The molecule has 2 aromatic rings. The maximum Gasteiger partial charge on any atom is 0.407 e. The summed E-state index contributed by atoms with van der Waals surface area (Å²) < 4.78 is 44.6. The maximum absolute atomic E-state index is 13.1. The fourth-order valence-corrected chi connectivity index (χ4v) is 4.15. The van der Waals surface area contributed by atoms with Gasteiger partial charge in [0.15, 0.2) is 0 Å². The van der Waals surface area contributed by atoms with Crippen molar-refractivity contribution in [3.8, 4) is 11.1 Å². The minimum Gasteiger partial charge on any atom is -0.481 e. The number of aliphatic carboxylic acids is 1. The standard InChI is InChI=1S/C25H27F3N2O5/c1-14(2)20(11-22(31)32)29-23(33)21(12-25(26,27)28)30-24(34)35-13-19-17-9-5-3-7-15(17)16-8-4-6-10-18(16)19/h3-10,14,19-21H,11-13H2,1-2H3,(H,29,33)(H,30,34)(H,31,32)/t20-,21?/m0/s1. The van der Waals surface area contributed by atoms with E-state index in [0.717, 1.165) is 22.3 Å². The number of benzene rings is 2. The normalized spacial score (nSPS) is 14.6. The van der Waals surface area contributed by atoms with E-state index in [0.29, 0.717) is 0 Å². The number of ether oxygens (including phenoxy) is 1. The average Bonchev–Trinajstić information content (AvgIpc) is 3.09. The molecule has 188 valence electrons. The van der Waals surface area contributed by atoms with Crippen LogP contribution in [0.5, 0.6) is 0 Å². The molecule has 0 radical (unpaired) electrons. The minimum atomic E-state index is -4.75. The van der Waals surface area contributed by atoms with Crippen LogP contribution in [0.3, 0.4) is 0 Å². The number of rotatable bonds is 9. The number of hydrogen-bond donors (Lipinski definition) is 3. The van der Waals surface area contributed by atoms with Gasteiger partial charge in [0.1, 0.15) is 12.6 Å². The molecule has 0 bridgehead atoms. The van der Waals surface area contributed by atoms with E-state index in [4.69, 9.17) is 9.84 Å². The number of carbonyl (C=O) groups excluding carboxylic acids is 2. The predicted octanol–water partition coefficient (Wildman–Crippen LogP) is 4.46. The third-order valence-corrected chi connectivity index (χ3v) is 5.91. The van der Waals surface area contributed by atoms with E-state index >= 15 is 0 Å². The summed E-state index contributed by atoms with van der Waals surface area (Å²) in [5.41, 5.74) is 3.84. The summed E-state index contributed by atoms with van der Waals surface area (Å²) in [4.78, 5) is 36.1. The number of alkyl halides is 3. The topological polar surface area (TPSA) is 105 Å². The highest BCUT2D eigenvalue weighted by Crippen LogP contribution is 2.44. The number of fused-ring (bicyclic) bond motifs is 3. The Hall–Kier alpha value is -3.56. The Balaban J connectivity index is 1.69. The summed E-state index contributed by atoms with van der Waals surface area (Å²) in [5, 5.41) is 13.3. The summed E-state index contributed by atoms with van der Waals surface area (Å²) in [6.45, 7) is 3.13. The zero-order valence-corrected chi connectivity index (χ0v) is 19.3. The predicted molar refractivity (Wildman–Crippen MR) is 122 cm³/mol. The first-order valence-electron chi connectivity index (χ1n) is 11.2. The fraction of sp³-hybridized carbons (Fsp3) is 0.400. The molecule has 1 aliphatic carbocycles. The van der Waals surface area contributed by atoms with E-state index in [1.54, 1.807) is 13.8 Å². The van der Waals surface area contributed by atoms with Gasteiger partial charge in [-0.15, -0.1) is 0 Å².